The van der Waals surface area contributed by atoms with E-state index in [-0.39, 0.29) is 0 Å². The van der Waals surface area contributed by atoms with Crippen LogP contribution in [0.15, 0.2) is 41.5 Å². The number of H-pyrrole nitrogens is 1. The molecule has 0 radical (unpaired) electrons. The second-order valence-electron chi connectivity index (χ2n) is 6.24. The average Bonchev–Trinajstić information content (AvgIpc) is 3.16. The van der Waals surface area contributed by atoms with E-state index in [1.54, 1.807) is 39.7 Å². The van der Waals surface area contributed by atoms with Gasteiger partial charge in [0.15, 0.2) is 17.3 Å². The van der Waals surface area contributed by atoms with Gasteiger partial charge in [-0.25, -0.2) is 5.10 Å². The summed E-state index contributed by atoms with van der Waals surface area (Å²) in [6.07, 6.45) is 2.67. The fourth-order valence-electron chi connectivity index (χ4n) is 2.79. The Kier molecular flexibility index (Phi) is 7.08. The summed E-state index contributed by atoms with van der Waals surface area (Å²) in [7, 11) is 4.67. The Bertz CT molecular complexity index is 1050. The summed E-state index contributed by atoms with van der Waals surface area (Å²) in [6, 6.07) is 11.3. The molecule has 9 heteroatoms. The Morgan fingerprint density at radius 1 is 1.07 bits per heavy atom. The van der Waals surface area contributed by atoms with Gasteiger partial charge < -0.3 is 18.9 Å². The smallest absolute Gasteiger partial charge is 0.216 e. The molecule has 8 nitrogen and oxygen atoms in total. The van der Waals surface area contributed by atoms with Crippen LogP contribution in [-0.4, -0.2) is 49.0 Å². The molecule has 30 heavy (non-hydrogen) atoms. The molecular formula is C21H24N4O4S. The van der Waals surface area contributed by atoms with E-state index in [2.05, 4.69) is 22.2 Å². The van der Waals surface area contributed by atoms with Crippen LogP contribution in [0.4, 0.5) is 0 Å². The van der Waals surface area contributed by atoms with Crippen molar-refractivity contribution in [1.82, 2.24) is 14.9 Å². The van der Waals surface area contributed by atoms with E-state index in [1.165, 1.54) is 4.68 Å². The molecule has 2 aromatic carbocycles. The molecule has 0 aliphatic heterocycles. The van der Waals surface area contributed by atoms with Crippen LogP contribution in [0.5, 0.6) is 23.0 Å². The van der Waals surface area contributed by atoms with E-state index in [1.807, 2.05) is 24.3 Å². The van der Waals surface area contributed by atoms with Gasteiger partial charge >= 0.3 is 0 Å². The molecule has 3 aromatic rings. The topological polar surface area (TPSA) is 82.9 Å². The molecular weight excluding hydrogens is 404 g/mol. The lowest BCUT2D eigenvalue weighted by molar-refractivity contribution is 0.317. The molecule has 0 fully saturated rings. The van der Waals surface area contributed by atoms with Gasteiger partial charge in [-0.15, -0.1) is 0 Å². The van der Waals surface area contributed by atoms with Crippen LogP contribution >= 0.6 is 12.2 Å². The van der Waals surface area contributed by atoms with Crippen molar-refractivity contribution in [3.05, 3.63) is 46.7 Å². The number of nitrogens with one attached hydrogen (secondary N) is 1. The van der Waals surface area contributed by atoms with Gasteiger partial charge in [0.05, 0.1) is 34.2 Å². The van der Waals surface area contributed by atoms with Gasteiger partial charge in [0, 0.05) is 5.56 Å². The number of rotatable bonds is 9. The van der Waals surface area contributed by atoms with E-state index in [9.17, 15) is 0 Å². The van der Waals surface area contributed by atoms with Gasteiger partial charge in [-0.1, -0.05) is 6.92 Å². The minimum Gasteiger partial charge on any atom is -0.494 e. The lowest BCUT2D eigenvalue weighted by atomic mass is 10.1. The van der Waals surface area contributed by atoms with Crippen molar-refractivity contribution in [3.8, 4) is 34.4 Å². The molecule has 1 aromatic heterocycles. The van der Waals surface area contributed by atoms with Crippen LogP contribution in [0.2, 0.25) is 0 Å². The molecule has 1 N–H and O–H groups in total. The number of aromatic nitrogens is 3. The molecule has 0 aliphatic carbocycles. The standard InChI is InChI=1S/C21H24N4O4S/c1-5-10-29-16-8-6-14(7-9-16)13-22-25-20(23-24-21(25)30)15-11-17(26-2)19(28-4)18(12-15)27-3/h6-9,11-13H,5,10H2,1-4H3,(H,24,30)/b22-13-. The minimum absolute atomic E-state index is 0.359. The summed E-state index contributed by atoms with van der Waals surface area (Å²) in [4.78, 5) is 0. The van der Waals surface area contributed by atoms with Crippen LogP contribution < -0.4 is 18.9 Å². The molecule has 0 spiro atoms. The quantitative estimate of drug-likeness (QED) is 0.404. The summed E-state index contributed by atoms with van der Waals surface area (Å²) < 4.78 is 23.7. The summed E-state index contributed by atoms with van der Waals surface area (Å²) in [5.41, 5.74) is 1.61. The van der Waals surface area contributed by atoms with Crippen molar-refractivity contribution in [2.24, 2.45) is 5.10 Å². The molecule has 0 atom stereocenters. The number of benzene rings is 2. The number of ether oxygens (including phenoxy) is 4. The maximum atomic E-state index is 5.60. The van der Waals surface area contributed by atoms with Crippen LogP contribution in [0.3, 0.4) is 0 Å². The first-order valence-corrected chi connectivity index (χ1v) is 9.77. The largest absolute Gasteiger partial charge is 0.494 e. The zero-order valence-electron chi connectivity index (χ0n) is 17.3. The normalized spacial score (nSPS) is 10.9. The third-order valence-electron chi connectivity index (χ3n) is 4.25. The zero-order valence-corrected chi connectivity index (χ0v) is 18.2. The molecule has 158 valence electrons. The number of methoxy groups -OCH3 is 3. The molecule has 0 unspecified atom stereocenters. The van der Waals surface area contributed by atoms with Crippen molar-refractivity contribution < 1.29 is 18.9 Å². The fraction of sp³-hybridized carbons (Fsp3) is 0.286. The van der Waals surface area contributed by atoms with Gasteiger partial charge in [0.2, 0.25) is 10.5 Å². The molecule has 0 bridgehead atoms. The minimum atomic E-state index is 0.359. The van der Waals surface area contributed by atoms with Crippen molar-refractivity contribution in [3.63, 3.8) is 0 Å². The second-order valence-corrected chi connectivity index (χ2v) is 6.63. The first-order valence-electron chi connectivity index (χ1n) is 9.36. The van der Waals surface area contributed by atoms with Crippen molar-refractivity contribution >= 4 is 18.4 Å². The predicted molar refractivity (Wildman–Crippen MR) is 118 cm³/mol. The summed E-state index contributed by atoms with van der Waals surface area (Å²) >= 11 is 5.35. The molecule has 3 rings (SSSR count). The number of hydrogen-bond donors (Lipinski definition) is 1. The first kappa shape index (κ1) is 21.4. The Morgan fingerprint density at radius 3 is 2.30 bits per heavy atom. The Hall–Kier alpha value is -3.33. The lowest BCUT2D eigenvalue weighted by Gasteiger charge is -2.13. The Morgan fingerprint density at radius 2 is 1.73 bits per heavy atom. The molecule has 0 saturated heterocycles. The Labute approximate surface area is 180 Å². The number of aromatic amines is 1. The third kappa shape index (κ3) is 4.62. The SMILES string of the molecule is CCCOc1ccc(/C=N\n2c(-c3cc(OC)c(OC)c(OC)c3)n[nH]c2=S)cc1. The first-order chi connectivity index (χ1) is 14.6. The van der Waals surface area contributed by atoms with Gasteiger partial charge in [-0.2, -0.15) is 14.9 Å². The van der Waals surface area contributed by atoms with Crippen molar-refractivity contribution in [2.45, 2.75) is 13.3 Å². The van der Waals surface area contributed by atoms with Crippen molar-refractivity contribution in [1.29, 1.82) is 0 Å². The van der Waals surface area contributed by atoms with Gasteiger partial charge in [0.25, 0.3) is 0 Å². The molecule has 0 aliphatic rings. The summed E-state index contributed by atoms with van der Waals surface area (Å²) in [5.74, 6) is 2.86. The highest BCUT2D eigenvalue weighted by Crippen LogP contribution is 2.40. The van der Waals surface area contributed by atoms with Crippen LogP contribution in [0.25, 0.3) is 11.4 Å². The number of hydrogen-bond acceptors (Lipinski definition) is 7. The van der Waals surface area contributed by atoms with E-state index in [0.29, 0.717) is 40.0 Å². The molecule has 0 amide bonds. The maximum Gasteiger partial charge on any atom is 0.216 e. The van der Waals surface area contributed by atoms with Gasteiger partial charge in [-0.3, -0.25) is 0 Å². The molecule has 1 heterocycles. The molecule has 0 saturated carbocycles. The van der Waals surface area contributed by atoms with Crippen LogP contribution in [0, 0.1) is 4.77 Å². The Balaban J connectivity index is 1.94. The van der Waals surface area contributed by atoms with Crippen molar-refractivity contribution in [2.75, 3.05) is 27.9 Å². The summed E-state index contributed by atoms with van der Waals surface area (Å²) in [5, 5.41) is 11.6. The van der Waals surface area contributed by atoms with E-state index in [4.69, 9.17) is 31.2 Å². The summed E-state index contributed by atoms with van der Waals surface area (Å²) in [6.45, 7) is 2.76. The highest BCUT2D eigenvalue weighted by molar-refractivity contribution is 7.71. The lowest BCUT2D eigenvalue weighted by Crippen LogP contribution is -1.99. The van der Waals surface area contributed by atoms with E-state index < -0.39 is 0 Å². The van der Waals surface area contributed by atoms with E-state index in [0.717, 1.165) is 17.7 Å². The van der Waals surface area contributed by atoms with E-state index >= 15 is 0 Å². The maximum absolute atomic E-state index is 5.60. The van der Waals surface area contributed by atoms with Gasteiger partial charge in [-0.05, 0) is 60.6 Å². The van der Waals surface area contributed by atoms with Gasteiger partial charge in [0.1, 0.15) is 5.75 Å². The van der Waals surface area contributed by atoms with Crippen LogP contribution in [-0.2, 0) is 0 Å². The fourth-order valence-corrected chi connectivity index (χ4v) is 2.97. The third-order valence-corrected chi connectivity index (χ3v) is 4.51. The number of nitrogens with zero attached hydrogens (tertiary/aromatic N) is 3. The van der Waals surface area contributed by atoms with Crippen LogP contribution in [0.1, 0.15) is 18.9 Å². The highest BCUT2D eigenvalue weighted by Gasteiger charge is 2.17. The average molecular weight is 429 g/mol. The second kappa shape index (κ2) is 9.93. The highest BCUT2D eigenvalue weighted by atomic mass is 32.1. The zero-order chi connectivity index (χ0) is 21.5. The monoisotopic (exact) mass is 428 g/mol. The predicted octanol–water partition coefficient (Wildman–Crippen LogP) is 4.30.